The van der Waals surface area contributed by atoms with Crippen molar-refractivity contribution >= 4 is 17.7 Å². The summed E-state index contributed by atoms with van der Waals surface area (Å²) < 4.78 is 1.95. The van der Waals surface area contributed by atoms with Gasteiger partial charge >= 0.3 is 0 Å². The minimum atomic E-state index is -0.0329. The molecule has 0 aliphatic carbocycles. The maximum absolute atomic E-state index is 12.4. The lowest BCUT2D eigenvalue weighted by molar-refractivity contribution is 0.0956. The number of aryl methyl sites for hydroxylation is 1. The first-order valence-corrected chi connectivity index (χ1v) is 10.8. The minimum absolute atomic E-state index is 0.0329. The van der Waals surface area contributed by atoms with Crippen LogP contribution in [0, 0.1) is 13.8 Å². The molecule has 0 spiro atoms. The van der Waals surface area contributed by atoms with Gasteiger partial charge in [-0.1, -0.05) is 37.3 Å². The molecule has 0 bridgehead atoms. The van der Waals surface area contributed by atoms with Crippen molar-refractivity contribution in [3.05, 3.63) is 82.7 Å². The number of aromatic nitrogens is 2. The smallest absolute Gasteiger partial charge is 0.251 e. The van der Waals surface area contributed by atoms with Crippen LogP contribution in [0.4, 0.5) is 0 Å². The Bertz CT molecular complexity index is 917. The van der Waals surface area contributed by atoms with Crippen LogP contribution < -0.4 is 5.32 Å². The summed E-state index contributed by atoms with van der Waals surface area (Å²) in [6, 6.07) is 18.0. The fraction of sp³-hybridized carbons (Fsp3) is 0.304. The Labute approximate surface area is 171 Å². The molecule has 0 saturated heterocycles. The van der Waals surface area contributed by atoms with Crippen LogP contribution in [-0.2, 0) is 12.2 Å². The number of amides is 1. The van der Waals surface area contributed by atoms with Crippen molar-refractivity contribution in [3.63, 3.8) is 0 Å². The van der Waals surface area contributed by atoms with Gasteiger partial charge in [0.2, 0.25) is 0 Å². The van der Waals surface area contributed by atoms with Crippen molar-refractivity contribution < 1.29 is 4.79 Å². The molecule has 0 fully saturated rings. The number of carbonyl (C=O) groups is 1. The molecule has 0 radical (unpaired) electrons. The van der Waals surface area contributed by atoms with E-state index in [-0.39, 0.29) is 5.91 Å². The largest absolute Gasteiger partial charge is 0.351 e. The predicted molar refractivity (Wildman–Crippen MR) is 117 cm³/mol. The second-order valence-electron chi connectivity index (χ2n) is 6.76. The van der Waals surface area contributed by atoms with Gasteiger partial charge in [0.25, 0.3) is 5.91 Å². The monoisotopic (exact) mass is 393 g/mol. The van der Waals surface area contributed by atoms with Crippen LogP contribution >= 0.6 is 11.8 Å². The maximum atomic E-state index is 12.4. The normalized spacial score (nSPS) is 10.8. The fourth-order valence-corrected chi connectivity index (χ4v) is 4.11. The molecule has 0 atom stereocenters. The van der Waals surface area contributed by atoms with Crippen LogP contribution in [0.2, 0.25) is 0 Å². The number of thioether (sulfide) groups is 1. The quantitative estimate of drug-likeness (QED) is 0.564. The van der Waals surface area contributed by atoms with Gasteiger partial charge < -0.3 is 5.32 Å². The third-order valence-electron chi connectivity index (χ3n) is 4.81. The van der Waals surface area contributed by atoms with Gasteiger partial charge in [-0.05, 0) is 55.7 Å². The minimum Gasteiger partial charge on any atom is -0.351 e. The van der Waals surface area contributed by atoms with Crippen molar-refractivity contribution in [1.82, 2.24) is 15.1 Å². The molecule has 0 aliphatic rings. The van der Waals surface area contributed by atoms with E-state index in [9.17, 15) is 4.79 Å². The van der Waals surface area contributed by atoms with E-state index in [0.717, 1.165) is 35.0 Å². The molecule has 3 aromatic rings. The molecule has 3 rings (SSSR count). The van der Waals surface area contributed by atoms with Crippen LogP contribution in [0.15, 0.2) is 54.6 Å². The van der Waals surface area contributed by atoms with Gasteiger partial charge in [0.05, 0.1) is 11.4 Å². The van der Waals surface area contributed by atoms with Gasteiger partial charge in [-0.25, -0.2) is 4.68 Å². The van der Waals surface area contributed by atoms with Gasteiger partial charge in [-0.3, -0.25) is 4.79 Å². The van der Waals surface area contributed by atoms with Crippen molar-refractivity contribution in [2.75, 3.05) is 12.3 Å². The molecule has 28 heavy (non-hydrogen) atoms. The second kappa shape index (κ2) is 9.60. The number of rotatable bonds is 8. The van der Waals surface area contributed by atoms with Gasteiger partial charge in [0.15, 0.2) is 0 Å². The molecule has 4 nitrogen and oxygen atoms in total. The van der Waals surface area contributed by atoms with E-state index in [0.29, 0.717) is 12.1 Å². The van der Waals surface area contributed by atoms with E-state index in [2.05, 4.69) is 48.5 Å². The molecule has 5 heteroatoms. The highest BCUT2D eigenvalue weighted by Crippen LogP contribution is 2.19. The molecule has 0 aliphatic heterocycles. The first kappa shape index (κ1) is 20.2. The zero-order chi connectivity index (χ0) is 19.9. The molecular formula is C23H27N3OS. The molecule has 0 unspecified atom stereocenters. The van der Waals surface area contributed by atoms with Gasteiger partial charge in [-0.15, -0.1) is 0 Å². The first-order valence-electron chi connectivity index (χ1n) is 9.65. The van der Waals surface area contributed by atoms with E-state index in [1.54, 1.807) is 0 Å². The fourth-order valence-electron chi connectivity index (χ4n) is 3.30. The van der Waals surface area contributed by atoms with E-state index in [1.807, 2.05) is 53.7 Å². The Kier molecular flexibility index (Phi) is 6.93. The zero-order valence-electron chi connectivity index (χ0n) is 16.7. The lowest BCUT2D eigenvalue weighted by Gasteiger charge is -2.08. The SMILES string of the molecule is CCc1c(C)nn(-c2ccc(C(=O)NCCSCc3ccccc3)cc2)c1C. The molecule has 2 aromatic carbocycles. The third-order valence-corrected chi connectivity index (χ3v) is 5.84. The summed E-state index contributed by atoms with van der Waals surface area (Å²) >= 11 is 1.82. The summed E-state index contributed by atoms with van der Waals surface area (Å²) in [6.07, 6.45) is 0.973. The Morgan fingerprint density at radius 1 is 1.07 bits per heavy atom. The van der Waals surface area contributed by atoms with E-state index >= 15 is 0 Å². The topological polar surface area (TPSA) is 46.9 Å². The molecule has 146 valence electrons. The van der Waals surface area contributed by atoms with Crippen LogP contribution in [0.3, 0.4) is 0 Å². The summed E-state index contributed by atoms with van der Waals surface area (Å²) in [5.41, 5.74) is 6.48. The number of nitrogens with zero attached hydrogens (tertiary/aromatic N) is 2. The van der Waals surface area contributed by atoms with Gasteiger partial charge in [0, 0.05) is 29.3 Å². The average Bonchev–Trinajstić information content (AvgIpc) is 3.01. The summed E-state index contributed by atoms with van der Waals surface area (Å²) in [7, 11) is 0. The summed E-state index contributed by atoms with van der Waals surface area (Å²) in [6.45, 7) is 6.94. The molecule has 1 aromatic heterocycles. The number of carbonyl (C=O) groups excluding carboxylic acids is 1. The third kappa shape index (κ3) is 4.84. The number of hydrogen-bond acceptors (Lipinski definition) is 3. The van der Waals surface area contributed by atoms with Crippen molar-refractivity contribution in [1.29, 1.82) is 0 Å². The van der Waals surface area contributed by atoms with Crippen molar-refractivity contribution in [2.45, 2.75) is 32.9 Å². The lowest BCUT2D eigenvalue weighted by atomic mass is 10.1. The van der Waals surface area contributed by atoms with Crippen LogP contribution in [0.25, 0.3) is 5.69 Å². The van der Waals surface area contributed by atoms with Crippen LogP contribution in [0.1, 0.15) is 39.8 Å². The molecule has 1 N–H and O–H groups in total. The van der Waals surface area contributed by atoms with Crippen molar-refractivity contribution in [3.8, 4) is 5.69 Å². The van der Waals surface area contributed by atoms with E-state index in [4.69, 9.17) is 0 Å². The summed E-state index contributed by atoms with van der Waals surface area (Å²) in [5, 5.41) is 7.63. The standard InChI is InChI=1S/C23H27N3OS/c1-4-22-17(2)25-26(18(22)3)21-12-10-20(11-13-21)23(27)24-14-15-28-16-19-8-6-5-7-9-19/h5-13H,4,14-16H2,1-3H3,(H,24,27). The number of benzene rings is 2. The first-order chi connectivity index (χ1) is 13.6. The Balaban J connectivity index is 1.51. The highest BCUT2D eigenvalue weighted by molar-refractivity contribution is 7.98. The Morgan fingerprint density at radius 3 is 2.43 bits per heavy atom. The van der Waals surface area contributed by atoms with Gasteiger partial charge in [-0.2, -0.15) is 16.9 Å². The summed E-state index contributed by atoms with van der Waals surface area (Å²) in [5.74, 6) is 1.83. The number of hydrogen-bond donors (Lipinski definition) is 1. The lowest BCUT2D eigenvalue weighted by Crippen LogP contribution is -2.25. The maximum Gasteiger partial charge on any atom is 0.251 e. The van der Waals surface area contributed by atoms with Gasteiger partial charge in [0.1, 0.15) is 0 Å². The molecular weight excluding hydrogens is 366 g/mol. The molecule has 1 amide bonds. The molecule has 1 heterocycles. The summed E-state index contributed by atoms with van der Waals surface area (Å²) in [4.78, 5) is 12.4. The predicted octanol–water partition coefficient (Wildman–Crippen LogP) is 4.71. The van der Waals surface area contributed by atoms with Crippen LogP contribution in [0.5, 0.6) is 0 Å². The van der Waals surface area contributed by atoms with E-state index in [1.165, 1.54) is 11.1 Å². The molecule has 0 saturated carbocycles. The second-order valence-corrected chi connectivity index (χ2v) is 7.86. The van der Waals surface area contributed by atoms with E-state index < -0.39 is 0 Å². The average molecular weight is 394 g/mol. The Morgan fingerprint density at radius 2 is 1.79 bits per heavy atom. The number of nitrogens with one attached hydrogen (secondary N) is 1. The Hall–Kier alpha value is -2.53. The highest BCUT2D eigenvalue weighted by atomic mass is 32.2. The zero-order valence-corrected chi connectivity index (χ0v) is 17.6. The van der Waals surface area contributed by atoms with Crippen molar-refractivity contribution in [2.24, 2.45) is 0 Å². The highest BCUT2D eigenvalue weighted by Gasteiger charge is 2.12. The van der Waals surface area contributed by atoms with Crippen LogP contribution in [-0.4, -0.2) is 28.0 Å².